The van der Waals surface area contributed by atoms with Crippen molar-refractivity contribution >= 4 is 0 Å². The number of nitriles is 1. The number of benzene rings is 2. The quantitative estimate of drug-likeness (QED) is 0.722. The number of nitrogens with zero attached hydrogens (tertiary/aromatic N) is 3. The fourth-order valence-corrected chi connectivity index (χ4v) is 2.00. The molecule has 0 saturated heterocycles. The first kappa shape index (κ1) is 13.8. The molecule has 0 atom stereocenters. The molecular formula is C17H13N3O2. The summed E-state index contributed by atoms with van der Waals surface area (Å²) in [6, 6.07) is 18.9. The third kappa shape index (κ3) is 3.49. The van der Waals surface area contributed by atoms with E-state index in [2.05, 4.69) is 16.2 Å². The molecule has 0 aliphatic rings. The first-order valence-corrected chi connectivity index (χ1v) is 6.82. The van der Waals surface area contributed by atoms with Crippen molar-refractivity contribution in [3.63, 3.8) is 0 Å². The smallest absolute Gasteiger partial charge is 0.264 e. The van der Waals surface area contributed by atoms with Crippen LogP contribution < -0.4 is 4.74 Å². The van der Waals surface area contributed by atoms with E-state index in [4.69, 9.17) is 14.5 Å². The van der Waals surface area contributed by atoms with Gasteiger partial charge in [-0.2, -0.15) is 10.2 Å². The standard InChI is InChI=1S/C17H13N3O2/c18-11-14-7-4-8-15(9-14)21-12-17-19-16(20-22-17)10-13-5-2-1-3-6-13/h1-9H,10,12H2. The van der Waals surface area contributed by atoms with E-state index in [1.807, 2.05) is 30.3 Å². The summed E-state index contributed by atoms with van der Waals surface area (Å²) >= 11 is 0. The first-order valence-electron chi connectivity index (χ1n) is 6.82. The maximum atomic E-state index is 8.84. The van der Waals surface area contributed by atoms with Crippen molar-refractivity contribution in [2.24, 2.45) is 0 Å². The van der Waals surface area contributed by atoms with Crippen LogP contribution >= 0.6 is 0 Å². The van der Waals surface area contributed by atoms with E-state index in [0.29, 0.717) is 29.4 Å². The lowest BCUT2D eigenvalue weighted by atomic mass is 10.1. The number of aromatic nitrogens is 2. The summed E-state index contributed by atoms with van der Waals surface area (Å²) in [6.07, 6.45) is 0.619. The van der Waals surface area contributed by atoms with E-state index in [1.54, 1.807) is 24.3 Å². The second kappa shape index (κ2) is 6.55. The normalized spacial score (nSPS) is 10.1. The Morgan fingerprint density at radius 2 is 1.95 bits per heavy atom. The Labute approximate surface area is 127 Å². The van der Waals surface area contributed by atoms with Gasteiger partial charge in [0.2, 0.25) is 0 Å². The number of hydrogen-bond donors (Lipinski definition) is 0. The molecule has 0 fully saturated rings. The second-order valence-corrected chi connectivity index (χ2v) is 4.70. The molecular weight excluding hydrogens is 278 g/mol. The van der Waals surface area contributed by atoms with Crippen molar-refractivity contribution in [1.82, 2.24) is 10.1 Å². The van der Waals surface area contributed by atoms with Crippen LogP contribution in [0.2, 0.25) is 0 Å². The monoisotopic (exact) mass is 291 g/mol. The van der Waals surface area contributed by atoms with Crippen LogP contribution in [0.25, 0.3) is 0 Å². The van der Waals surface area contributed by atoms with Crippen molar-refractivity contribution in [2.45, 2.75) is 13.0 Å². The summed E-state index contributed by atoms with van der Waals surface area (Å²) in [4.78, 5) is 4.30. The lowest BCUT2D eigenvalue weighted by molar-refractivity contribution is 0.242. The molecule has 22 heavy (non-hydrogen) atoms. The number of ether oxygens (including phenoxy) is 1. The summed E-state index contributed by atoms with van der Waals surface area (Å²) in [5, 5.41) is 12.8. The van der Waals surface area contributed by atoms with E-state index in [-0.39, 0.29) is 6.61 Å². The van der Waals surface area contributed by atoms with Crippen molar-refractivity contribution in [1.29, 1.82) is 5.26 Å². The van der Waals surface area contributed by atoms with E-state index in [9.17, 15) is 0 Å². The summed E-state index contributed by atoms with van der Waals surface area (Å²) < 4.78 is 10.7. The van der Waals surface area contributed by atoms with Gasteiger partial charge in [-0.25, -0.2) is 0 Å². The van der Waals surface area contributed by atoms with Crippen LogP contribution in [0.3, 0.4) is 0 Å². The van der Waals surface area contributed by atoms with Gasteiger partial charge >= 0.3 is 0 Å². The topological polar surface area (TPSA) is 71.9 Å². The van der Waals surface area contributed by atoms with Gasteiger partial charge < -0.3 is 9.26 Å². The highest BCUT2D eigenvalue weighted by molar-refractivity contribution is 5.36. The third-order valence-electron chi connectivity index (χ3n) is 3.04. The highest BCUT2D eigenvalue weighted by Gasteiger charge is 2.08. The van der Waals surface area contributed by atoms with E-state index >= 15 is 0 Å². The minimum Gasteiger partial charge on any atom is -0.484 e. The Morgan fingerprint density at radius 3 is 2.77 bits per heavy atom. The zero-order valence-electron chi connectivity index (χ0n) is 11.8. The summed E-state index contributed by atoms with van der Waals surface area (Å²) in [6.45, 7) is 0.177. The van der Waals surface area contributed by atoms with Crippen molar-refractivity contribution < 1.29 is 9.26 Å². The maximum absolute atomic E-state index is 8.84. The predicted molar refractivity (Wildman–Crippen MR) is 79.0 cm³/mol. The molecule has 5 heteroatoms. The Morgan fingerprint density at radius 1 is 1.09 bits per heavy atom. The Kier molecular flexibility index (Phi) is 4.12. The maximum Gasteiger partial charge on any atom is 0.264 e. The molecule has 5 nitrogen and oxygen atoms in total. The minimum absolute atomic E-state index is 0.177. The van der Waals surface area contributed by atoms with E-state index in [0.717, 1.165) is 5.56 Å². The molecule has 0 radical (unpaired) electrons. The molecule has 0 saturated carbocycles. The van der Waals surface area contributed by atoms with Gasteiger partial charge in [-0.1, -0.05) is 41.6 Å². The summed E-state index contributed by atoms with van der Waals surface area (Å²) in [5.41, 5.74) is 1.67. The summed E-state index contributed by atoms with van der Waals surface area (Å²) in [5.74, 6) is 1.63. The van der Waals surface area contributed by atoms with E-state index in [1.165, 1.54) is 0 Å². The van der Waals surface area contributed by atoms with Crippen LogP contribution in [0.15, 0.2) is 59.1 Å². The average molecular weight is 291 g/mol. The Bertz CT molecular complexity index is 791. The average Bonchev–Trinajstić information content (AvgIpc) is 3.01. The van der Waals surface area contributed by atoms with Crippen LogP contribution in [0.4, 0.5) is 0 Å². The number of rotatable bonds is 5. The van der Waals surface area contributed by atoms with Crippen LogP contribution in [-0.4, -0.2) is 10.1 Å². The zero-order valence-corrected chi connectivity index (χ0v) is 11.8. The largest absolute Gasteiger partial charge is 0.484 e. The first-order chi connectivity index (χ1) is 10.8. The molecule has 0 aliphatic carbocycles. The molecule has 0 N–H and O–H groups in total. The van der Waals surface area contributed by atoms with Crippen molar-refractivity contribution in [2.75, 3.05) is 0 Å². The predicted octanol–water partition coefficient (Wildman–Crippen LogP) is 3.11. The van der Waals surface area contributed by atoms with E-state index < -0.39 is 0 Å². The Balaban J connectivity index is 1.61. The highest BCUT2D eigenvalue weighted by Crippen LogP contribution is 2.14. The molecule has 0 unspecified atom stereocenters. The van der Waals surface area contributed by atoms with Gasteiger partial charge in [0.15, 0.2) is 12.4 Å². The van der Waals surface area contributed by atoms with Gasteiger partial charge in [0.25, 0.3) is 5.89 Å². The van der Waals surface area contributed by atoms with Crippen molar-refractivity contribution in [3.05, 3.63) is 77.4 Å². The zero-order chi connectivity index (χ0) is 15.2. The Hall–Kier alpha value is -3.13. The van der Waals surface area contributed by atoms with Gasteiger partial charge in [0.05, 0.1) is 11.6 Å². The van der Waals surface area contributed by atoms with Gasteiger partial charge in [-0.15, -0.1) is 0 Å². The molecule has 0 bridgehead atoms. The lowest BCUT2D eigenvalue weighted by Crippen LogP contribution is -1.97. The lowest BCUT2D eigenvalue weighted by Gasteiger charge is -2.02. The van der Waals surface area contributed by atoms with Crippen molar-refractivity contribution in [3.8, 4) is 11.8 Å². The molecule has 0 aliphatic heterocycles. The van der Waals surface area contributed by atoms with Crippen LogP contribution in [0.5, 0.6) is 5.75 Å². The van der Waals surface area contributed by atoms with Gasteiger partial charge in [0, 0.05) is 6.42 Å². The van der Waals surface area contributed by atoms with Gasteiger partial charge in [-0.3, -0.25) is 0 Å². The molecule has 3 rings (SSSR count). The van der Waals surface area contributed by atoms with Crippen LogP contribution in [0.1, 0.15) is 22.8 Å². The molecule has 0 spiro atoms. The fraction of sp³-hybridized carbons (Fsp3) is 0.118. The van der Waals surface area contributed by atoms with Gasteiger partial charge in [-0.05, 0) is 23.8 Å². The second-order valence-electron chi connectivity index (χ2n) is 4.70. The number of hydrogen-bond acceptors (Lipinski definition) is 5. The van der Waals surface area contributed by atoms with Crippen LogP contribution in [-0.2, 0) is 13.0 Å². The molecule has 108 valence electrons. The minimum atomic E-state index is 0.177. The molecule has 1 heterocycles. The van der Waals surface area contributed by atoms with Gasteiger partial charge in [0.1, 0.15) is 5.75 Å². The SMILES string of the molecule is N#Cc1cccc(OCc2nc(Cc3ccccc3)no2)c1. The summed E-state index contributed by atoms with van der Waals surface area (Å²) in [7, 11) is 0. The molecule has 1 aromatic heterocycles. The molecule has 3 aromatic rings. The molecule has 2 aromatic carbocycles. The highest BCUT2D eigenvalue weighted by atomic mass is 16.5. The third-order valence-corrected chi connectivity index (χ3v) is 3.04. The fourth-order valence-electron chi connectivity index (χ4n) is 2.00. The molecule has 0 amide bonds. The van der Waals surface area contributed by atoms with Crippen LogP contribution in [0, 0.1) is 11.3 Å².